The van der Waals surface area contributed by atoms with E-state index in [4.69, 9.17) is 4.74 Å². The van der Waals surface area contributed by atoms with Gasteiger partial charge in [-0.3, -0.25) is 0 Å². The zero-order chi connectivity index (χ0) is 21.4. The first-order valence-corrected chi connectivity index (χ1v) is 11.8. The van der Waals surface area contributed by atoms with Crippen LogP contribution in [-0.2, 0) is 9.47 Å². The molecule has 0 aromatic heterocycles. The van der Waals surface area contributed by atoms with Crippen LogP contribution in [0.25, 0.3) is 0 Å². The number of fused-ring (bicyclic) bond motifs is 5. The van der Waals surface area contributed by atoms with Gasteiger partial charge in [-0.15, -0.1) is 0 Å². The minimum atomic E-state index is 0.342. The predicted octanol–water partition coefficient (Wildman–Crippen LogP) is 7.32. The van der Waals surface area contributed by atoms with Crippen molar-refractivity contribution in [1.29, 1.82) is 0 Å². The molecule has 3 unspecified atom stereocenters. The Morgan fingerprint density at radius 3 is 2.52 bits per heavy atom. The molecule has 0 amide bonds. The molecule has 0 aromatic rings. The zero-order valence-electron chi connectivity index (χ0n) is 19.9. The molecule has 0 aromatic carbocycles. The van der Waals surface area contributed by atoms with Crippen LogP contribution in [0.4, 0.5) is 0 Å². The summed E-state index contributed by atoms with van der Waals surface area (Å²) >= 11 is 0. The number of ether oxygens (including phenoxy) is 2. The highest BCUT2D eigenvalue weighted by Gasteiger charge is 2.61. The predicted molar refractivity (Wildman–Crippen MR) is 123 cm³/mol. The van der Waals surface area contributed by atoms with E-state index in [0.717, 1.165) is 35.9 Å². The zero-order valence-corrected chi connectivity index (χ0v) is 19.9. The second-order valence-electron chi connectivity index (χ2n) is 10.8. The van der Waals surface area contributed by atoms with E-state index >= 15 is 0 Å². The second kappa shape index (κ2) is 8.61. The molecule has 0 spiro atoms. The summed E-state index contributed by atoms with van der Waals surface area (Å²) in [7, 11) is 3.25. The Bertz CT molecular complexity index is 661. The Labute approximate surface area is 179 Å². The molecule has 2 heteroatoms. The fraction of sp³-hybridized carbons (Fsp3) is 0.778. The van der Waals surface area contributed by atoms with Gasteiger partial charge in [-0.1, -0.05) is 58.1 Å². The van der Waals surface area contributed by atoms with E-state index in [-0.39, 0.29) is 0 Å². The molecule has 7 atom stereocenters. The third-order valence-electron chi connectivity index (χ3n) is 8.94. The van der Waals surface area contributed by atoms with Crippen molar-refractivity contribution >= 4 is 0 Å². The van der Waals surface area contributed by atoms with E-state index in [1.165, 1.54) is 50.5 Å². The summed E-state index contributed by atoms with van der Waals surface area (Å²) in [6, 6.07) is 0. The Morgan fingerprint density at radius 1 is 1.17 bits per heavy atom. The van der Waals surface area contributed by atoms with E-state index in [9.17, 15) is 0 Å². The SMILES string of the molecule is C=C1C=C2CCC3C([C@H](C)C[C@@]4(C)C3CC[C@@H]4OC(=C)CC)[C@@]2(C)CC1.COC. The molecule has 29 heavy (non-hydrogen) atoms. The van der Waals surface area contributed by atoms with E-state index in [1.54, 1.807) is 19.8 Å². The van der Waals surface area contributed by atoms with Crippen molar-refractivity contribution in [2.24, 2.45) is 34.5 Å². The van der Waals surface area contributed by atoms with Crippen LogP contribution < -0.4 is 0 Å². The summed E-state index contributed by atoms with van der Waals surface area (Å²) in [6.07, 6.45) is 12.9. The summed E-state index contributed by atoms with van der Waals surface area (Å²) in [5.41, 5.74) is 3.83. The summed E-state index contributed by atoms with van der Waals surface area (Å²) < 4.78 is 10.6. The molecule has 0 radical (unpaired) electrons. The van der Waals surface area contributed by atoms with Crippen LogP contribution in [0.5, 0.6) is 0 Å². The minimum absolute atomic E-state index is 0.342. The first kappa shape index (κ1) is 22.7. The van der Waals surface area contributed by atoms with Gasteiger partial charge in [0, 0.05) is 26.1 Å². The molecular formula is C27H44O2. The second-order valence-corrected chi connectivity index (χ2v) is 10.8. The molecule has 0 saturated heterocycles. The number of rotatable bonds is 3. The van der Waals surface area contributed by atoms with E-state index < -0.39 is 0 Å². The Morgan fingerprint density at radius 2 is 1.86 bits per heavy atom. The van der Waals surface area contributed by atoms with Crippen molar-refractivity contribution in [2.75, 3.05) is 14.2 Å². The highest BCUT2D eigenvalue weighted by molar-refractivity contribution is 5.33. The van der Waals surface area contributed by atoms with Gasteiger partial charge >= 0.3 is 0 Å². The van der Waals surface area contributed by atoms with Crippen LogP contribution in [0.1, 0.15) is 79.1 Å². The average Bonchev–Trinajstić information content (AvgIpc) is 2.98. The average molecular weight is 401 g/mol. The lowest BCUT2D eigenvalue weighted by molar-refractivity contribution is -0.108. The van der Waals surface area contributed by atoms with Crippen LogP contribution in [-0.4, -0.2) is 20.3 Å². The van der Waals surface area contributed by atoms with Gasteiger partial charge in [0.05, 0.1) is 5.76 Å². The quantitative estimate of drug-likeness (QED) is 0.462. The highest BCUT2D eigenvalue weighted by atomic mass is 16.5. The Hall–Kier alpha value is -1.02. The van der Waals surface area contributed by atoms with Gasteiger partial charge in [-0.2, -0.15) is 0 Å². The highest BCUT2D eigenvalue weighted by Crippen LogP contribution is 2.67. The van der Waals surface area contributed by atoms with Crippen LogP contribution >= 0.6 is 0 Å². The first-order chi connectivity index (χ1) is 13.7. The topological polar surface area (TPSA) is 18.5 Å². The summed E-state index contributed by atoms with van der Waals surface area (Å²) in [6.45, 7) is 18.2. The molecule has 3 fully saturated rings. The monoisotopic (exact) mass is 400 g/mol. The van der Waals surface area contributed by atoms with E-state index in [1.807, 2.05) is 0 Å². The summed E-state index contributed by atoms with van der Waals surface area (Å²) in [5.74, 6) is 4.32. The van der Waals surface area contributed by atoms with Crippen molar-refractivity contribution in [3.8, 4) is 0 Å². The van der Waals surface area contributed by atoms with Crippen LogP contribution in [0.2, 0.25) is 0 Å². The lowest BCUT2D eigenvalue weighted by atomic mass is 9.44. The molecule has 4 aliphatic carbocycles. The van der Waals surface area contributed by atoms with Crippen LogP contribution in [0.3, 0.4) is 0 Å². The fourth-order valence-corrected chi connectivity index (χ4v) is 7.79. The third-order valence-corrected chi connectivity index (χ3v) is 8.94. The minimum Gasteiger partial charge on any atom is -0.495 e. The maximum absolute atomic E-state index is 6.39. The normalized spacial score (nSPS) is 43.2. The fourth-order valence-electron chi connectivity index (χ4n) is 7.79. The van der Waals surface area contributed by atoms with Gasteiger partial charge in [0.25, 0.3) is 0 Å². The lowest BCUT2D eigenvalue weighted by Gasteiger charge is -2.60. The number of hydrogen-bond donors (Lipinski definition) is 0. The van der Waals surface area contributed by atoms with Crippen molar-refractivity contribution < 1.29 is 9.47 Å². The molecule has 2 nitrogen and oxygen atoms in total. The lowest BCUT2D eigenvalue weighted by Crippen LogP contribution is -2.54. The van der Waals surface area contributed by atoms with Gasteiger partial charge in [-0.05, 0) is 74.0 Å². The molecule has 164 valence electrons. The standard InChI is InChI=1S/C25H38O.C2H6O/c1-7-18(4)26-22-11-10-21-20-9-8-19-14-16(2)12-13-24(19,5)23(20)17(3)15-25(21,22)6;1-3-2/h14,17,20-23H,2,4,7-13,15H2,1,3,5-6H3;1-2H3/t17-,20?,21?,22+,23?,24+,25+;/m1./s1. The summed E-state index contributed by atoms with van der Waals surface area (Å²) in [4.78, 5) is 0. The van der Waals surface area contributed by atoms with Crippen LogP contribution in [0, 0.1) is 34.5 Å². The Kier molecular flexibility index (Phi) is 6.73. The molecule has 3 saturated carbocycles. The van der Waals surface area contributed by atoms with Crippen molar-refractivity contribution in [3.63, 3.8) is 0 Å². The van der Waals surface area contributed by atoms with Gasteiger partial charge in [0.2, 0.25) is 0 Å². The molecule has 4 rings (SSSR count). The summed E-state index contributed by atoms with van der Waals surface area (Å²) in [5, 5.41) is 0. The maximum Gasteiger partial charge on any atom is 0.104 e. The van der Waals surface area contributed by atoms with Gasteiger partial charge in [0.15, 0.2) is 0 Å². The first-order valence-electron chi connectivity index (χ1n) is 11.8. The third kappa shape index (κ3) is 3.87. The molecule has 0 aliphatic heterocycles. The van der Waals surface area contributed by atoms with Crippen molar-refractivity contribution in [1.82, 2.24) is 0 Å². The number of methoxy groups -OCH3 is 1. The van der Waals surface area contributed by atoms with E-state index in [0.29, 0.717) is 16.9 Å². The van der Waals surface area contributed by atoms with E-state index in [2.05, 4.69) is 51.7 Å². The van der Waals surface area contributed by atoms with Gasteiger partial charge < -0.3 is 9.47 Å². The molecule has 0 heterocycles. The van der Waals surface area contributed by atoms with Gasteiger partial charge in [0.1, 0.15) is 6.10 Å². The van der Waals surface area contributed by atoms with Crippen LogP contribution in [0.15, 0.2) is 36.1 Å². The number of allylic oxidation sites excluding steroid dienone is 4. The molecule has 0 bridgehead atoms. The Balaban J connectivity index is 0.000000755. The number of hydrogen-bond acceptors (Lipinski definition) is 2. The van der Waals surface area contributed by atoms with Gasteiger partial charge in [-0.25, -0.2) is 0 Å². The van der Waals surface area contributed by atoms with Crippen molar-refractivity contribution in [3.05, 3.63) is 36.1 Å². The van der Waals surface area contributed by atoms with Crippen molar-refractivity contribution in [2.45, 2.75) is 85.2 Å². The largest absolute Gasteiger partial charge is 0.495 e. The molecular weight excluding hydrogens is 356 g/mol. The maximum atomic E-state index is 6.39. The smallest absolute Gasteiger partial charge is 0.104 e. The molecule has 4 aliphatic rings. The molecule has 0 N–H and O–H groups in total.